The van der Waals surface area contributed by atoms with Gasteiger partial charge in [-0.15, -0.1) is 0 Å². The fourth-order valence-corrected chi connectivity index (χ4v) is 4.41. The fourth-order valence-electron chi connectivity index (χ4n) is 2.51. The summed E-state index contributed by atoms with van der Waals surface area (Å²) in [5, 5.41) is 10.5. The van der Waals surface area contributed by atoms with E-state index < -0.39 is 14.8 Å². The van der Waals surface area contributed by atoms with Crippen molar-refractivity contribution in [1.29, 1.82) is 0 Å². The molecular weight excluding hydrogens is 280 g/mol. The summed E-state index contributed by atoms with van der Waals surface area (Å²) in [5.74, 6) is 0.468. The lowest BCUT2D eigenvalue weighted by Crippen LogP contribution is -2.31. The number of rotatable bonds is 5. The maximum atomic E-state index is 11.4. The van der Waals surface area contributed by atoms with Crippen molar-refractivity contribution in [3.63, 3.8) is 0 Å². The van der Waals surface area contributed by atoms with Crippen molar-refractivity contribution in [2.75, 3.05) is 11.5 Å². The molecule has 1 aromatic rings. The Labute approximate surface area is 118 Å². The SMILES string of the molecule is NC(CCc1ccc([N+](=O)[O-])cc1)C1CCS(=O)(=O)C1. The Bertz CT molecular complexity index is 583. The molecule has 1 heterocycles. The second kappa shape index (κ2) is 5.88. The first kappa shape index (κ1) is 14.9. The minimum Gasteiger partial charge on any atom is -0.327 e. The quantitative estimate of drug-likeness (QED) is 0.651. The first-order chi connectivity index (χ1) is 9.37. The molecule has 110 valence electrons. The molecule has 0 spiro atoms. The van der Waals surface area contributed by atoms with Gasteiger partial charge in [0.05, 0.1) is 16.4 Å². The van der Waals surface area contributed by atoms with Gasteiger partial charge in [-0.1, -0.05) is 12.1 Å². The van der Waals surface area contributed by atoms with Gasteiger partial charge in [0.15, 0.2) is 9.84 Å². The van der Waals surface area contributed by atoms with E-state index in [9.17, 15) is 18.5 Å². The van der Waals surface area contributed by atoms with Crippen LogP contribution in [0, 0.1) is 16.0 Å². The molecule has 0 amide bonds. The predicted octanol–water partition coefficient (Wildman–Crippen LogP) is 1.29. The van der Waals surface area contributed by atoms with Crippen LogP contribution in [0.15, 0.2) is 24.3 Å². The van der Waals surface area contributed by atoms with Gasteiger partial charge in [0, 0.05) is 18.2 Å². The number of nitrogens with two attached hydrogens (primary N) is 1. The predicted molar refractivity (Wildman–Crippen MR) is 76.2 cm³/mol. The summed E-state index contributed by atoms with van der Waals surface area (Å²) in [7, 11) is -2.89. The van der Waals surface area contributed by atoms with Crippen molar-refractivity contribution >= 4 is 15.5 Å². The van der Waals surface area contributed by atoms with Gasteiger partial charge in [0.2, 0.25) is 0 Å². The van der Waals surface area contributed by atoms with E-state index in [1.165, 1.54) is 12.1 Å². The molecule has 1 fully saturated rings. The van der Waals surface area contributed by atoms with Crippen molar-refractivity contribution in [3.8, 4) is 0 Å². The number of benzene rings is 1. The Hall–Kier alpha value is -1.47. The van der Waals surface area contributed by atoms with Crippen LogP contribution >= 0.6 is 0 Å². The van der Waals surface area contributed by atoms with Gasteiger partial charge < -0.3 is 5.73 Å². The van der Waals surface area contributed by atoms with E-state index in [0.717, 1.165) is 5.56 Å². The van der Waals surface area contributed by atoms with E-state index in [1.54, 1.807) is 12.1 Å². The fraction of sp³-hybridized carbons (Fsp3) is 0.538. The molecule has 2 N–H and O–H groups in total. The molecule has 7 heteroatoms. The van der Waals surface area contributed by atoms with E-state index >= 15 is 0 Å². The maximum Gasteiger partial charge on any atom is 0.269 e. The van der Waals surface area contributed by atoms with Gasteiger partial charge in [-0.2, -0.15) is 0 Å². The lowest BCUT2D eigenvalue weighted by molar-refractivity contribution is -0.384. The number of nitrogens with zero attached hydrogens (tertiary/aromatic N) is 1. The van der Waals surface area contributed by atoms with Gasteiger partial charge in [-0.05, 0) is 30.7 Å². The monoisotopic (exact) mass is 298 g/mol. The number of nitro groups is 1. The van der Waals surface area contributed by atoms with Gasteiger partial charge >= 0.3 is 0 Å². The summed E-state index contributed by atoms with van der Waals surface area (Å²) in [6, 6.07) is 6.25. The Morgan fingerprint density at radius 2 is 2.00 bits per heavy atom. The number of non-ortho nitro benzene ring substituents is 1. The summed E-state index contributed by atoms with van der Waals surface area (Å²) in [6.45, 7) is 0. The van der Waals surface area contributed by atoms with Gasteiger partial charge in [0.25, 0.3) is 5.69 Å². The number of sulfone groups is 1. The van der Waals surface area contributed by atoms with Crippen molar-refractivity contribution in [3.05, 3.63) is 39.9 Å². The molecule has 0 aromatic heterocycles. The Morgan fingerprint density at radius 3 is 2.50 bits per heavy atom. The summed E-state index contributed by atoms with van der Waals surface area (Å²) in [4.78, 5) is 10.1. The molecule has 6 nitrogen and oxygen atoms in total. The largest absolute Gasteiger partial charge is 0.327 e. The van der Waals surface area contributed by atoms with E-state index in [-0.39, 0.29) is 29.2 Å². The molecule has 2 rings (SSSR count). The first-order valence-corrected chi connectivity index (χ1v) is 8.39. The molecule has 0 aliphatic carbocycles. The number of hydrogen-bond donors (Lipinski definition) is 1. The minimum absolute atomic E-state index is 0.0399. The van der Waals surface area contributed by atoms with E-state index in [4.69, 9.17) is 5.73 Å². The minimum atomic E-state index is -2.89. The second-order valence-electron chi connectivity index (χ2n) is 5.29. The number of hydrogen-bond acceptors (Lipinski definition) is 5. The van der Waals surface area contributed by atoms with Crippen LogP contribution in [-0.2, 0) is 16.3 Å². The smallest absolute Gasteiger partial charge is 0.269 e. The van der Waals surface area contributed by atoms with Crippen molar-refractivity contribution in [1.82, 2.24) is 0 Å². The Morgan fingerprint density at radius 1 is 1.35 bits per heavy atom. The van der Waals surface area contributed by atoms with Crippen LogP contribution in [-0.4, -0.2) is 30.9 Å². The number of aryl methyl sites for hydroxylation is 1. The average Bonchev–Trinajstić information content (AvgIpc) is 2.77. The van der Waals surface area contributed by atoms with Crippen LogP contribution in [0.25, 0.3) is 0 Å². The van der Waals surface area contributed by atoms with Crippen LogP contribution in [0.2, 0.25) is 0 Å². The maximum absolute atomic E-state index is 11.4. The van der Waals surface area contributed by atoms with Crippen molar-refractivity contribution < 1.29 is 13.3 Å². The molecular formula is C13H18N2O4S. The second-order valence-corrected chi connectivity index (χ2v) is 7.52. The first-order valence-electron chi connectivity index (χ1n) is 6.57. The van der Waals surface area contributed by atoms with Gasteiger partial charge in [0.1, 0.15) is 0 Å². The standard InChI is InChI=1S/C13H18N2O4S/c14-13(11-7-8-20(18,19)9-11)6-3-10-1-4-12(5-2-10)15(16)17/h1-2,4-5,11,13H,3,6-9,14H2. The third-order valence-electron chi connectivity index (χ3n) is 3.79. The van der Waals surface area contributed by atoms with Crippen LogP contribution in [0.3, 0.4) is 0 Å². The highest BCUT2D eigenvalue weighted by atomic mass is 32.2. The van der Waals surface area contributed by atoms with Crippen LogP contribution in [0.1, 0.15) is 18.4 Å². The molecule has 20 heavy (non-hydrogen) atoms. The van der Waals surface area contributed by atoms with Crippen LogP contribution in [0.5, 0.6) is 0 Å². The summed E-state index contributed by atoms with van der Waals surface area (Å²) < 4.78 is 22.8. The molecule has 2 unspecified atom stereocenters. The topological polar surface area (TPSA) is 103 Å². The van der Waals surface area contributed by atoms with Crippen molar-refractivity contribution in [2.45, 2.75) is 25.3 Å². The summed E-state index contributed by atoms with van der Waals surface area (Å²) in [5.41, 5.74) is 7.10. The third kappa shape index (κ3) is 3.77. The zero-order valence-corrected chi connectivity index (χ0v) is 11.9. The lowest BCUT2D eigenvalue weighted by Gasteiger charge is -2.17. The number of nitro benzene ring substituents is 1. The highest BCUT2D eigenvalue weighted by Gasteiger charge is 2.31. The zero-order chi connectivity index (χ0) is 14.8. The Kier molecular flexibility index (Phi) is 4.39. The molecule has 1 aliphatic rings. The summed E-state index contributed by atoms with van der Waals surface area (Å²) in [6.07, 6.45) is 2.04. The average molecular weight is 298 g/mol. The lowest BCUT2D eigenvalue weighted by atomic mass is 9.94. The van der Waals surface area contributed by atoms with Crippen molar-refractivity contribution in [2.24, 2.45) is 11.7 Å². The molecule has 1 aliphatic heterocycles. The van der Waals surface area contributed by atoms with Gasteiger partial charge in [-0.3, -0.25) is 10.1 Å². The van der Waals surface area contributed by atoms with Gasteiger partial charge in [-0.25, -0.2) is 8.42 Å². The molecule has 0 saturated carbocycles. The third-order valence-corrected chi connectivity index (χ3v) is 5.58. The molecule has 2 atom stereocenters. The van der Waals surface area contributed by atoms with E-state index in [0.29, 0.717) is 19.3 Å². The van der Waals surface area contributed by atoms with Crippen LogP contribution < -0.4 is 5.73 Å². The molecule has 0 radical (unpaired) electrons. The molecule has 0 bridgehead atoms. The summed E-state index contributed by atoms with van der Waals surface area (Å²) >= 11 is 0. The highest BCUT2D eigenvalue weighted by Crippen LogP contribution is 2.23. The molecule has 1 saturated heterocycles. The molecule has 1 aromatic carbocycles. The highest BCUT2D eigenvalue weighted by molar-refractivity contribution is 7.91. The normalized spacial score (nSPS) is 22.6. The zero-order valence-electron chi connectivity index (χ0n) is 11.1. The Balaban J connectivity index is 1.87. The van der Waals surface area contributed by atoms with E-state index in [1.807, 2.05) is 0 Å². The van der Waals surface area contributed by atoms with Crippen LogP contribution in [0.4, 0.5) is 5.69 Å². The van der Waals surface area contributed by atoms with E-state index in [2.05, 4.69) is 0 Å².